The normalized spacial score (nSPS) is 12.5. The van der Waals surface area contributed by atoms with E-state index in [9.17, 15) is 19.8 Å². The molecule has 87 heavy (non-hydrogen) atoms. The molecule has 1 amide bonds. The highest BCUT2D eigenvalue weighted by molar-refractivity contribution is 5.76. The minimum absolute atomic E-state index is 0.0132. The maximum atomic E-state index is 12.6. The molecule has 518 valence electrons. The first-order chi connectivity index (χ1) is 43.0. The Morgan fingerprint density at radius 2 is 0.552 bits per heavy atom. The molecule has 0 aromatic rings. The zero-order valence-corrected chi connectivity index (χ0v) is 59.5. The van der Waals surface area contributed by atoms with Crippen LogP contribution in [0, 0.1) is 0 Å². The Morgan fingerprint density at radius 1 is 0.310 bits per heavy atom. The third-order valence-electron chi connectivity index (χ3n) is 19.3. The first-order valence-electron chi connectivity index (χ1n) is 40.4. The summed E-state index contributed by atoms with van der Waals surface area (Å²) < 4.78 is 5.48. The van der Waals surface area contributed by atoms with Crippen molar-refractivity contribution >= 4 is 11.9 Å². The van der Waals surface area contributed by atoms with Gasteiger partial charge in [-0.2, -0.15) is 0 Å². The van der Waals surface area contributed by atoms with Gasteiger partial charge in [-0.1, -0.05) is 424 Å². The lowest BCUT2D eigenvalue weighted by molar-refractivity contribution is -0.143. The minimum Gasteiger partial charge on any atom is -0.466 e. The molecule has 0 radical (unpaired) electrons. The summed E-state index contributed by atoms with van der Waals surface area (Å²) in [5.74, 6) is -0.00999. The van der Waals surface area contributed by atoms with E-state index >= 15 is 0 Å². The molecule has 0 fully saturated rings. The van der Waals surface area contributed by atoms with E-state index in [0.29, 0.717) is 25.9 Å². The topological polar surface area (TPSA) is 95.9 Å². The molecule has 0 aliphatic rings. The van der Waals surface area contributed by atoms with E-state index in [1.54, 1.807) is 0 Å². The summed E-state index contributed by atoms with van der Waals surface area (Å²) in [5, 5.41) is 23.5. The van der Waals surface area contributed by atoms with Crippen molar-refractivity contribution in [1.29, 1.82) is 0 Å². The highest BCUT2D eigenvalue weighted by Gasteiger charge is 2.20. The maximum Gasteiger partial charge on any atom is 0.305 e. The van der Waals surface area contributed by atoms with Gasteiger partial charge in [-0.3, -0.25) is 9.59 Å². The molecule has 0 aliphatic heterocycles. The molecule has 0 saturated heterocycles. The SMILES string of the molecule is CCCC/C=C\CCCCCCCC(=O)OCCCCCCCCCCCCCCCCCCCCCCCCCCCCCCCCCCCCCCCC(=O)NC(CO)C(O)CCCCCCCCCCCCCCCCCCCCCCCC. The summed E-state index contributed by atoms with van der Waals surface area (Å²) in [6.07, 6.45) is 97.5. The van der Waals surface area contributed by atoms with Crippen LogP contribution in [0.1, 0.15) is 470 Å². The summed E-state index contributed by atoms with van der Waals surface area (Å²) >= 11 is 0. The Kier molecular flexibility index (Phi) is 75.8. The zero-order valence-electron chi connectivity index (χ0n) is 59.5. The lowest BCUT2D eigenvalue weighted by Gasteiger charge is -2.22. The number of carbonyl (C=O) groups excluding carboxylic acids is 2. The van der Waals surface area contributed by atoms with Gasteiger partial charge in [0.1, 0.15) is 0 Å². The summed E-state index contributed by atoms with van der Waals surface area (Å²) in [5.41, 5.74) is 0. The first kappa shape index (κ1) is 85.6. The Morgan fingerprint density at radius 3 is 0.851 bits per heavy atom. The Balaban J connectivity index is 3.31. The molecule has 3 N–H and O–H groups in total. The molecule has 6 heteroatoms. The van der Waals surface area contributed by atoms with E-state index in [1.807, 2.05) is 0 Å². The van der Waals surface area contributed by atoms with Gasteiger partial charge in [-0.15, -0.1) is 0 Å². The van der Waals surface area contributed by atoms with Crippen LogP contribution in [0.15, 0.2) is 12.2 Å². The van der Waals surface area contributed by atoms with Gasteiger partial charge in [0.15, 0.2) is 0 Å². The average Bonchev–Trinajstić information content (AvgIpc) is 3.53. The fraction of sp³-hybridized carbons (Fsp3) is 0.951. The molecule has 0 rings (SSSR count). The fourth-order valence-electron chi connectivity index (χ4n) is 13.2. The smallest absolute Gasteiger partial charge is 0.305 e. The van der Waals surface area contributed by atoms with Crippen LogP contribution in [0.4, 0.5) is 0 Å². The second kappa shape index (κ2) is 77.1. The number of hydrogen-bond donors (Lipinski definition) is 3. The molecule has 2 unspecified atom stereocenters. The van der Waals surface area contributed by atoms with Gasteiger partial charge in [-0.05, 0) is 44.9 Å². The molecule has 0 aliphatic carbocycles. The first-order valence-corrected chi connectivity index (χ1v) is 40.4. The van der Waals surface area contributed by atoms with Crippen molar-refractivity contribution in [2.24, 2.45) is 0 Å². The number of allylic oxidation sites excluding steroid dienone is 2. The third-order valence-corrected chi connectivity index (χ3v) is 19.3. The zero-order chi connectivity index (χ0) is 62.8. The molecular weight excluding hydrogens is 1070 g/mol. The summed E-state index contributed by atoms with van der Waals surface area (Å²) in [7, 11) is 0. The highest BCUT2D eigenvalue weighted by atomic mass is 16.5. The van der Waals surface area contributed by atoms with E-state index in [4.69, 9.17) is 4.74 Å². The van der Waals surface area contributed by atoms with Crippen LogP contribution in [-0.2, 0) is 14.3 Å². The van der Waals surface area contributed by atoms with Crippen LogP contribution in [-0.4, -0.2) is 47.4 Å². The van der Waals surface area contributed by atoms with Gasteiger partial charge in [0.2, 0.25) is 5.91 Å². The molecule has 2 atom stereocenters. The monoisotopic (exact) mass is 1230 g/mol. The molecule has 0 aromatic heterocycles. The molecule has 0 saturated carbocycles. The van der Waals surface area contributed by atoms with Crippen molar-refractivity contribution in [2.45, 2.75) is 482 Å². The molecule has 0 heterocycles. The number of carbonyl (C=O) groups is 2. The van der Waals surface area contributed by atoms with Crippen molar-refractivity contribution in [2.75, 3.05) is 13.2 Å². The summed E-state index contributed by atoms with van der Waals surface area (Å²) in [6.45, 7) is 4.97. The van der Waals surface area contributed by atoms with E-state index in [2.05, 4.69) is 31.3 Å². The number of rotatable bonds is 77. The van der Waals surface area contributed by atoms with Gasteiger partial charge >= 0.3 is 5.97 Å². The van der Waals surface area contributed by atoms with Crippen molar-refractivity contribution in [3.8, 4) is 0 Å². The number of amides is 1. The van der Waals surface area contributed by atoms with Gasteiger partial charge in [0, 0.05) is 12.8 Å². The molecule has 0 aromatic carbocycles. The van der Waals surface area contributed by atoms with Crippen LogP contribution >= 0.6 is 0 Å². The minimum atomic E-state index is -0.661. The predicted molar refractivity (Wildman–Crippen MR) is 384 cm³/mol. The molecule has 6 nitrogen and oxygen atoms in total. The Hall–Kier alpha value is -1.40. The Bertz CT molecular complexity index is 1320. The van der Waals surface area contributed by atoms with Crippen LogP contribution in [0.3, 0.4) is 0 Å². The van der Waals surface area contributed by atoms with Crippen molar-refractivity contribution < 1.29 is 24.5 Å². The van der Waals surface area contributed by atoms with Gasteiger partial charge < -0.3 is 20.3 Å². The van der Waals surface area contributed by atoms with Crippen LogP contribution < -0.4 is 5.32 Å². The average molecular weight is 1230 g/mol. The number of nitrogens with one attached hydrogen (secondary N) is 1. The van der Waals surface area contributed by atoms with Crippen molar-refractivity contribution in [3.63, 3.8) is 0 Å². The van der Waals surface area contributed by atoms with E-state index < -0.39 is 12.1 Å². The van der Waals surface area contributed by atoms with Crippen molar-refractivity contribution in [1.82, 2.24) is 5.32 Å². The van der Waals surface area contributed by atoms with Gasteiger partial charge in [0.25, 0.3) is 0 Å². The highest BCUT2D eigenvalue weighted by Crippen LogP contribution is 2.21. The van der Waals surface area contributed by atoms with Crippen LogP contribution in [0.2, 0.25) is 0 Å². The molecule has 0 spiro atoms. The van der Waals surface area contributed by atoms with E-state index in [-0.39, 0.29) is 18.5 Å². The Labute approximate surface area is 546 Å². The van der Waals surface area contributed by atoms with Gasteiger partial charge in [-0.25, -0.2) is 0 Å². The van der Waals surface area contributed by atoms with E-state index in [0.717, 1.165) is 44.9 Å². The number of ether oxygens (including phenoxy) is 1. The lowest BCUT2D eigenvalue weighted by atomic mass is 10.0. The van der Waals surface area contributed by atoms with Crippen LogP contribution in [0.5, 0.6) is 0 Å². The quantitative estimate of drug-likeness (QED) is 0.0320. The second-order valence-corrected chi connectivity index (χ2v) is 28.1. The molecular formula is C81H159NO5. The fourth-order valence-corrected chi connectivity index (χ4v) is 13.2. The summed E-state index contributed by atoms with van der Waals surface area (Å²) in [4.78, 5) is 24.6. The largest absolute Gasteiger partial charge is 0.466 e. The number of aliphatic hydroxyl groups excluding tert-OH is 2. The standard InChI is InChI=1S/C81H159NO5/c1-3-5-7-9-11-13-15-16-17-18-19-20-38-41-44-47-50-54-57-61-65-69-73-79(84)78(77-83)82-80(85)74-70-66-62-58-55-51-48-45-42-39-36-34-32-30-28-26-24-22-21-23-25-27-29-31-33-35-37-40-43-46-49-52-56-60-64-68-72-76-87-81(86)75-71-67-63-59-53-14-12-10-8-6-4-2/h10,12,78-79,83-84H,3-9,11,13-77H2,1-2H3,(H,82,85)/b12-10-. The number of unbranched alkanes of at least 4 members (excludes halogenated alkanes) is 64. The lowest BCUT2D eigenvalue weighted by Crippen LogP contribution is -2.45. The van der Waals surface area contributed by atoms with Crippen molar-refractivity contribution in [3.05, 3.63) is 12.2 Å². The molecule has 0 bridgehead atoms. The maximum absolute atomic E-state index is 12.6. The second-order valence-electron chi connectivity index (χ2n) is 28.1. The number of esters is 1. The number of aliphatic hydroxyl groups is 2. The third kappa shape index (κ3) is 73.5. The summed E-state index contributed by atoms with van der Waals surface area (Å²) in [6, 6.07) is -0.537. The van der Waals surface area contributed by atoms with Gasteiger partial charge in [0.05, 0.1) is 25.4 Å². The number of hydrogen-bond acceptors (Lipinski definition) is 5. The van der Waals surface area contributed by atoms with Crippen LogP contribution in [0.25, 0.3) is 0 Å². The van der Waals surface area contributed by atoms with E-state index in [1.165, 1.54) is 392 Å². The predicted octanol–water partition coefficient (Wildman–Crippen LogP) is 26.7.